The van der Waals surface area contributed by atoms with Gasteiger partial charge in [0.2, 0.25) is 0 Å². The first-order valence-corrected chi connectivity index (χ1v) is 6.97. The molecule has 0 aliphatic carbocycles. The minimum absolute atomic E-state index is 0.113. The first kappa shape index (κ1) is 14.7. The Hall–Kier alpha value is -3.23. The van der Waals surface area contributed by atoms with Crippen LogP contribution < -0.4 is 5.32 Å². The highest BCUT2D eigenvalue weighted by molar-refractivity contribution is 5.84. The highest BCUT2D eigenvalue weighted by Crippen LogP contribution is 2.09. The number of carbonyl (C=O) groups is 1. The van der Waals surface area contributed by atoms with Crippen LogP contribution in [-0.2, 0) is 11.3 Å². The van der Waals surface area contributed by atoms with E-state index in [9.17, 15) is 4.79 Å². The van der Waals surface area contributed by atoms with Crippen molar-refractivity contribution in [3.05, 3.63) is 48.1 Å². The van der Waals surface area contributed by atoms with Crippen LogP contribution in [0.2, 0.25) is 0 Å². The quantitative estimate of drug-likeness (QED) is 0.681. The van der Waals surface area contributed by atoms with Crippen LogP contribution in [0.25, 0.3) is 5.69 Å². The molecule has 2 heterocycles. The number of aromatic nitrogens is 5. The molecule has 118 valence electrons. The maximum Gasteiger partial charge on any atom is 0.396 e. The van der Waals surface area contributed by atoms with Gasteiger partial charge in [-0.25, -0.2) is 9.48 Å². The van der Waals surface area contributed by atoms with E-state index in [-0.39, 0.29) is 18.5 Å². The van der Waals surface area contributed by atoms with Crippen LogP contribution in [0.3, 0.4) is 0 Å². The molecule has 0 atom stereocenters. The summed E-state index contributed by atoms with van der Waals surface area (Å²) in [5, 5.41) is 18.3. The zero-order valence-corrected chi connectivity index (χ0v) is 12.3. The second-order valence-corrected chi connectivity index (χ2v) is 4.48. The number of nitrogens with zero attached hydrogens (tertiary/aromatic N) is 5. The minimum atomic E-state index is -0.650. The van der Waals surface area contributed by atoms with E-state index in [1.165, 1.54) is 0 Å². The van der Waals surface area contributed by atoms with Crippen molar-refractivity contribution in [2.45, 2.75) is 13.5 Å². The van der Waals surface area contributed by atoms with E-state index >= 15 is 0 Å². The van der Waals surface area contributed by atoms with Gasteiger partial charge in [-0.3, -0.25) is 0 Å². The molecule has 0 spiro atoms. The Morgan fingerprint density at radius 3 is 2.87 bits per heavy atom. The molecule has 0 unspecified atom stereocenters. The topological polar surface area (TPSA) is 108 Å². The van der Waals surface area contributed by atoms with E-state index in [2.05, 4.69) is 25.8 Å². The van der Waals surface area contributed by atoms with E-state index in [1.54, 1.807) is 17.8 Å². The zero-order valence-electron chi connectivity index (χ0n) is 12.3. The highest BCUT2D eigenvalue weighted by atomic mass is 16.5. The summed E-state index contributed by atoms with van der Waals surface area (Å²) in [6, 6.07) is 9.74. The molecule has 0 amide bonds. The van der Waals surface area contributed by atoms with Crippen molar-refractivity contribution in [1.82, 2.24) is 25.2 Å². The van der Waals surface area contributed by atoms with Gasteiger partial charge in [-0.2, -0.15) is 0 Å². The van der Waals surface area contributed by atoms with Crippen LogP contribution in [0.1, 0.15) is 23.3 Å². The standard InChI is InChI=1S/C14H14N6O3/c1-2-22-13(21)12-17-18-14(23-12)15-8-10-9-20(19-16-10)11-6-4-3-5-7-11/h3-7,9H,2,8H2,1H3,(H,15,18). The molecule has 9 heteroatoms. The minimum Gasteiger partial charge on any atom is -0.459 e. The maximum atomic E-state index is 11.4. The van der Waals surface area contributed by atoms with Gasteiger partial charge in [-0.1, -0.05) is 33.6 Å². The van der Waals surface area contributed by atoms with E-state index in [0.717, 1.165) is 5.69 Å². The Morgan fingerprint density at radius 1 is 1.26 bits per heavy atom. The lowest BCUT2D eigenvalue weighted by atomic mass is 10.3. The molecule has 1 aromatic carbocycles. The number of ether oxygens (including phenoxy) is 1. The van der Waals surface area contributed by atoms with Crippen molar-refractivity contribution >= 4 is 12.0 Å². The normalized spacial score (nSPS) is 10.5. The summed E-state index contributed by atoms with van der Waals surface area (Å²) in [6.45, 7) is 2.27. The monoisotopic (exact) mass is 314 g/mol. The molecular formula is C14H14N6O3. The smallest absolute Gasteiger partial charge is 0.396 e. The van der Waals surface area contributed by atoms with Gasteiger partial charge in [-0.05, 0) is 19.1 Å². The fourth-order valence-corrected chi connectivity index (χ4v) is 1.82. The summed E-state index contributed by atoms with van der Waals surface area (Å²) < 4.78 is 11.6. The molecule has 3 aromatic rings. The van der Waals surface area contributed by atoms with Gasteiger partial charge in [0.25, 0.3) is 0 Å². The third kappa shape index (κ3) is 3.51. The molecular weight excluding hydrogens is 300 g/mol. The van der Waals surface area contributed by atoms with Crippen molar-refractivity contribution < 1.29 is 13.9 Å². The number of carbonyl (C=O) groups excluding carboxylic acids is 1. The maximum absolute atomic E-state index is 11.4. The molecule has 0 aliphatic heterocycles. The van der Waals surface area contributed by atoms with Crippen molar-refractivity contribution in [3.8, 4) is 5.69 Å². The van der Waals surface area contributed by atoms with Crippen LogP contribution >= 0.6 is 0 Å². The average Bonchev–Trinajstić information content (AvgIpc) is 3.23. The lowest BCUT2D eigenvalue weighted by Gasteiger charge is -1.98. The van der Waals surface area contributed by atoms with Gasteiger partial charge >= 0.3 is 17.9 Å². The van der Waals surface area contributed by atoms with Crippen molar-refractivity contribution in [3.63, 3.8) is 0 Å². The van der Waals surface area contributed by atoms with E-state index in [0.29, 0.717) is 12.2 Å². The Morgan fingerprint density at radius 2 is 2.09 bits per heavy atom. The molecule has 1 N–H and O–H groups in total. The first-order valence-electron chi connectivity index (χ1n) is 6.97. The van der Waals surface area contributed by atoms with E-state index < -0.39 is 5.97 Å². The summed E-state index contributed by atoms with van der Waals surface area (Å²) in [5.41, 5.74) is 1.60. The number of rotatable bonds is 6. The highest BCUT2D eigenvalue weighted by Gasteiger charge is 2.15. The molecule has 0 aliphatic rings. The summed E-state index contributed by atoms with van der Waals surface area (Å²) in [7, 11) is 0. The predicted octanol–water partition coefficient (Wildman–Crippen LogP) is 1.44. The SMILES string of the molecule is CCOC(=O)c1nnc(NCc2cn(-c3ccccc3)nn2)o1. The molecule has 9 nitrogen and oxygen atoms in total. The van der Waals surface area contributed by atoms with Gasteiger partial charge in [0.15, 0.2) is 0 Å². The summed E-state index contributed by atoms with van der Waals surface area (Å²) in [5.74, 6) is -0.842. The first-order chi connectivity index (χ1) is 11.3. The van der Waals surface area contributed by atoms with Gasteiger partial charge in [0, 0.05) is 0 Å². The second kappa shape index (κ2) is 6.69. The number of para-hydroxylation sites is 1. The summed E-state index contributed by atoms with van der Waals surface area (Å²) in [6.07, 6.45) is 1.78. The number of anilines is 1. The lowest BCUT2D eigenvalue weighted by molar-refractivity contribution is 0.0481. The third-order valence-electron chi connectivity index (χ3n) is 2.86. The van der Waals surface area contributed by atoms with Gasteiger partial charge in [-0.15, -0.1) is 5.10 Å². The molecule has 0 bridgehead atoms. The Balaban J connectivity index is 1.61. The van der Waals surface area contributed by atoms with Crippen molar-refractivity contribution in [1.29, 1.82) is 0 Å². The summed E-state index contributed by atoms with van der Waals surface area (Å²) in [4.78, 5) is 11.4. The van der Waals surface area contributed by atoms with Gasteiger partial charge < -0.3 is 14.5 Å². The molecule has 0 fully saturated rings. The van der Waals surface area contributed by atoms with Crippen LogP contribution in [-0.4, -0.2) is 37.8 Å². The Kier molecular flexibility index (Phi) is 4.27. The van der Waals surface area contributed by atoms with Crippen molar-refractivity contribution in [2.75, 3.05) is 11.9 Å². The third-order valence-corrected chi connectivity index (χ3v) is 2.86. The van der Waals surface area contributed by atoms with Crippen LogP contribution in [0.4, 0.5) is 6.01 Å². The molecule has 3 rings (SSSR count). The number of nitrogens with one attached hydrogen (secondary N) is 1. The number of benzene rings is 1. The lowest BCUT2D eigenvalue weighted by Crippen LogP contribution is -2.04. The average molecular weight is 314 g/mol. The zero-order chi connectivity index (χ0) is 16.1. The number of esters is 1. The summed E-state index contributed by atoms with van der Waals surface area (Å²) >= 11 is 0. The number of hydrogen-bond donors (Lipinski definition) is 1. The molecule has 0 radical (unpaired) electrons. The molecule has 0 saturated heterocycles. The van der Waals surface area contributed by atoms with Crippen LogP contribution in [0.15, 0.2) is 40.9 Å². The largest absolute Gasteiger partial charge is 0.459 e. The fraction of sp³-hybridized carbons (Fsp3) is 0.214. The molecule has 23 heavy (non-hydrogen) atoms. The molecule has 2 aromatic heterocycles. The Labute approximate surface area is 131 Å². The van der Waals surface area contributed by atoms with Gasteiger partial charge in [0.1, 0.15) is 5.69 Å². The van der Waals surface area contributed by atoms with E-state index in [4.69, 9.17) is 9.15 Å². The second-order valence-electron chi connectivity index (χ2n) is 4.48. The molecule has 0 saturated carbocycles. The van der Waals surface area contributed by atoms with Crippen LogP contribution in [0.5, 0.6) is 0 Å². The fourth-order valence-electron chi connectivity index (χ4n) is 1.82. The van der Waals surface area contributed by atoms with Gasteiger partial charge in [0.05, 0.1) is 25.0 Å². The van der Waals surface area contributed by atoms with Crippen molar-refractivity contribution in [2.24, 2.45) is 0 Å². The van der Waals surface area contributed by atoms with E-state index in [1.807, 2.05) is 30.3 Å². The number of hydrogen-bond acceptors (Lipinski definition) is 8. The van der Waals surface area contributed by atoms with Crippen LogP contribution in [0, 0.1) is 0 Å². The Bertz CT molecular complexity index is 783. The predicted molar refractivity (Wildman–Crippen MR) is 78.9 cm³/mol.